The van der Waals surface area contributed by atoms with Gasteiger partial charge in [-0.15, -0.1) is 0 Å². The van der Waals surface area contributed by atoms with Crippen LogP contribution in [-0.2, 0) is 0 Å². The first kappa shape index (κ1) is 22.8. The van der Waals surface area contributed by atoms with Gasteiger partial charge >= 0.3 is 5.97 Å². The fourth-order valence-electron chi connectivity index (χ4n) is 3.62. The van der Waals surface area contributed by atoms with Crippen molar-refractivity contribution in [2.24, 2.45) is 0 Å². The molecule has 2 rings (SSSR count). The van der Waals surface area contributed by atoms with Gasteiger partial charge in [-0.2, -0.15) is 0 Å². The molecule has 0 amide bonds. The van der Waals surface area contributed by atoms with Crippen molar-refractivity contribution in [3.8, 4) is 11.1 Å². The molecular formula is C22H23F5O2. The van der Waals surface area contributed by atoms with Gasteiger partial charge in [0.05, 0.1) is 11.7 Å². The number of halogens is 5. The molecule has 0 fully saturated rings. The lowest BCUT2D eigenvalue weighted by Gasteiger charge is -2.25. The van der Waals surface area contributed by atoms with E-state index in [-0.39, 0.29) is 41.5 Å². The van der Waals surface area contributed by atoms with E-state index in [0.717, 1.165) is 12.1 Å². The highest BCUT2D eigenvalue weighted by atomic mass is 19.2. The number of hydrogen-bond acceptors (Lipinski definition) is 1. The zero-order valence-corrected chi connectivity index (χ0v) is 16.2. The Hall–Kier alpha value is -2.44. The van der Waals surface area contributed by atoms with Crippen LogP contribution in [0.3, 0.4) is 0 Å². The van der Waals surface area contributed by atoms with Gasteiger partial charge in [0.1, 0.15) is 6.17 Å². The molecule has 0 radical (unpaired) electrons. The number of alkyl halides is 2. The lowest BCUT2D eigenvalue weighted by Crippen LogP contribution is -2.16. The Morgan fingerprint density at radius 2 is 1.69 bits per heavy atom. The average molecular weight is 414 g/mol. The van der Waals surface area contributed by atoms with E-state index in [1.165, 1.54) is 25.1 Å². The molecule has 1 N–H and O–H groups in total. The molecule has 0 aromatic heterocycles. The molecule has 0 aliphatic carbocycles. The first-order valence-corrected chi connectivity index (χ1v) is 9.44. The van der Waals surface area contributed by atoms with E-state index in [9.17, 15) is 31.9 Å². The van der Waals surface area contributed by atoms with Crippen LogP contribution in [0.5, 0.6) is 0 Å². The summed E-state index contributed by atoms with van der Waals surface area (Å²) in [6.45, 7) is 3.07. The normalized spacial score (nSPS) is 14.4. The maximum atomic E-state index is 14.4. The van der Waals surface area contributed by atoms with Crippen LogP contribution < -0.4 is 0 Å². The standard InChI is InChI=1S/C22H23F5O2/c1-3-5-15(24)9-14(8-12(2)23)20-16(6-4-7-17(20)22(28)29)13-10-18(25)21(27)19(26)11-13/h4,6-7,10-12,14-15H,3,5,8-9H2,1-2H3,(H,28,29). The molecular weight excluding hydrogens is 391 g/mol. The fraction of sp³-hybridized carbons (Fsp3) is 0.409. The molecule has 29 heavy (non-hydrogen) atoms. The number of carboxylic acids is 1. The highest BCUT2D eigenvalue weighted by molar-refractivity contribution is 5.92. The van der Waals surface area contributed by atoms with Crippen molar-refractivity contribution in [1.29, 1.82) is 0 Å². The van der Waals surface area contributed by atoms with Crippen molar-refractivity contribution in [2.45, 2.75) is 57.8 Å². The highest BCUT2D eigenvalue weighted by Crippen LogP contribution is 2.39. The van der Waals surface area contributed by atoms with Crippen LogP contribution in [0.15, 0.2) is 30.3 Å². The predicted octanol–water partition coefficient (Wildman–Crippen LogP) is 6.83. The summed E-state index contributed by atoms with van der Waals surface area (Å²) in [5.41, 5.74) is -0.102. The van der Waals surface area contributed by atoms with Crippen molar-refractivity contribution in [2.75, 3.05) is 0 Å². The van der Waals surface area contributed by atoms with E-state index in [4.69, 9.17) is 0 Å². The van der Waals surface area contributed by atoms with Gasteiger partial charge in [-0.25, -0.2) is 26.7 Å². The van der Waals surface area contributed by atoms with Gasteiger partial charge in [-0.05, 0) is 67.0 Å². The third-order valence-corrected chi connectivity index (χ3v) is 4.79. The summed E-state index contributed by atoms with van der Waals surface area (Å²) in [6.07, 6.45) is -2.16. The van der Waals surface area contributed by atoms with Crippen molar-refractivity contribution < 1.29 is 31.9 Å². The lowest BCUT2D eigenvalue weighted by atomic mass is 9.81. The molecule has 2 aromatic carbocycles. The Bertz CT molecular complexity index is 843. The lowest BCUT2D eigenvalue weighted by molar-refractivity contribution is 0.0694. The number of rotatable bonds is 9. The van der Waals surface area contributed by atoms with Gasteiger partial charge in [-0.3, -0.25) is 0 Å². The van der Waals surface area contributed by atoms with E-state index >= 15 is 0 Å². The summed E-state index contributed by atoms with van der Waals surface area (Å²) in [7, 11) is 0. The van der Waals surface area contributed by atoms with Crippen LogP contribution in [-0.4, -0.2) is 23.4 Å². The van der Waals surface area contributed by atoms with Gasteiger partial charge < -0.3 is 5.11 Å². The number of carboxylic acid groups (broad SMARTS) is 1. The van der Waals surface area contributed by atoms with E-state index in [1.807, 2.05) is 0 Å². The van der Waals surface area contributed by atoms with Crippen molar-refractivity contribution in [3.63, 3.8) is 0 Å². The number of hydrogen-bond donors (Lipinski definition) is 1. The third-order valence-electron chi connectivity index (χ3n) is 4.79. The van der Waals surface area contributed by atoms with Crippen molar-refractivity contribution in [3.05, 3.63) is 58.9 Å². The van der Waals surface area contributed by atoms with Crippen LogP contribution in [0, 0.1) is 17.5 Å². The zero-order valence-electron chi connectivity index (χ0n) is 16.2. The first-order valence-electron chi connectivity index (χ1n) is 9.44. The number of benzene rings is 2. The molecule has 2 aromatic rings. The molecule has 0 aliphatic rings. The van der Waals surface area contributed by atoms with Gasteiger partial charge in [-0.1, -0.05) is 25.5 Å². The number of aromatic carboxylic acids is 1. The molecule has 3 unspecified atom stereocenters. The summed E-state index contributed by atoms with van der Waals surface area (Å²) in [5, 5.41) is 9.62. The van der Waals surface area contributed by atoms with Gasteiger partial charge in [0.15, 0.2) is 17.5 Å². The van der Waals surface area contributed by atoms with Gasteiger partial charge in [0.2, 0.25) is 0 Å². The molecule has 3 atom stereocenters. The SMILES string of the molecule is CCCC(F)CC(CC(C)F)c1c(C(=O)O)cccc1-c1cc(F)c(F)c(F)c1. The maximum absolute atomic E-state index is 14.4. The molecule has 7 heteroatoms. The van der Waals surface area contributed by atoms with Crippen molar-refractivity contribution >= 4 is 5.97 Å². The van der Waals surface area contributed by atoms with Gasteiger partial charge in [0.25, 0.3) is 0 Å². The van der Waals surface area contributed by atoms with Gasteiger partial charge in [0, 0.05) is 0 Å². The maximum Gasteiger partial charge on any atom is 0.335 e. The van der Waals surface area contributed by atoms with Crippen LogP contribution >= 0.6 is 0 Å². The molecule has 2 nitrogen and oxygen atoms in total. The summed E-state index contributed by atoms with van der Waals surface area (Å²) >= 11 is 0. The molecule has 0 bridgehead atoms. The summed E-state index contributed by atoms with van der Waals surface area (Å²) in [6, 6.07) is 5.56. The second kappa shape index (κ2) is 9.85. The topological polar surface area (TPSA) is 37.3 Å². The Kier molecular flexibility index (Phi) is 7.76. The average Bonchev–Trinajstić information content (AvgIpc) is 2.64. The second-order valence-electron chi connectivity index (χ2n) is 7.16. The molecule has 158 valence electrons. The third kappa shape index (κ3) is 5.55. The largest absolute Gasteiger partial charge is 0.478 e. The summed E-state index contributed by atoms with van der Waals surface area (Å²) in [5.74, 6) is -6.68. The molecule has 0 heterocycles. The Morgan fingerprint density at radius 1 is 1.07 bits per heavy atom. The van der Waals surface area contributed by atoms with Crippen LogP contribution in [0.1, 0.15) is 61.4 Å². The molecule has 0 aliphatic heterocycles. The van der Waals surface area contributed by atoms with E-state index < -0.39 is 41.7 Å². The molecule has 0 spiro atoms. The Morgan fingerprint density at radius 3 is 2.21 bits per heavy atom. The summed E-state index contributed by atoms with van der Waals surface area (Å²) < 4.78 is 69.2. The quantitative estimate of drug-likeness (QED) is 0.361. The minimum Gasteiger partial charge on any atom is -0.478 e. The molecule has 0 saturated heterocycles. The number of carbonyl (C=O) groups is 1. The predicted molar refractivity (Wildman–Crippen MR) is 101 cm³/mol. The summed E-state index contributed by atoms with van der Waals surface area (Å²) in [4.78, 5) is 11.8. The monoisotopic (exact) mass is 414 g/mol. The Labute approximate surface area is 166 Å². The van der Waals surface area contributed by atoms with Crippen LogP contribution in [0.2, 0.25) is 0 Å². The zero-order chi connectivity index (χ0) is 21.7. The smallest absolute Gasteiger partial charge is 0.335 e. The van der Waals surface area contributed by atoms with E-state index in [1.54, 1.807) is 6.92 Å². The highest BCUT2D eigenvalue weighted by Gasteiger charge is 2.28. The van der Waals surface area contributed by atoms with E-state index in [0.29, 0.717) is 6.42 Å². The van der Waals surface area contributed by atoms with Crippen LogP contribution in [0.25, 0.3) is 11.1 Å². The molecule has 0 saturated carbocycles. The van der Waals surface area contributed by atoms with Crippen LogP contribution in [0.4, 0.5) is 22.0 Å². The Balaban J connectivity index is 2.70. The minimum atomic E-state index is -1.65. The van der Waals surface area contributed by atoms with Crippen molar-refractivity contribution in [1.82, 2.24) is 0 Å². The van der Waals surface area contributed by atoms with E-state index in [2.05, 4.69) is 0 Å². The fourth-order valence-corrected chi connectivity index (χ4v) is 3.62. The first-order chi connectivity index (χ1) is 13.6. The minimum absolute atomic E-state index is 0.0914. The second-order valence-corrected chi connectivity index (χ2v) is 7.16.